The van der Waals surface area contributed by atoms with Gasteiger partial charge in [0.25, 0.3) is 0 Å². The first-order valence-corrected chi connectivity index (χ1v) is 7.30. The SMILES string of the molecule is Nc1c(-c2ccccn2)nc2scc(-c3cccnc3)n12. The van der Waals surface area contributed by atoms with Crippen LogP contribution < -0.4 is 5.73 Å². The molecule has 0 radical (unpaired) electrons. The molecule has 0 unspecified atom stereocenters. The molecule has 6 heteroatoms. The summed E-state index contributed by atoms with van der Waals surface area (Å²) in [5.41, 5.74) is 9.81. The lowest BCUT2D eigenvalue weighted by atomic mass is 10.2. The van der Waals surface area contributed by atoms with Gasteiger partial charge in [0, 0.05) is 29.5 Å². The van der Waals surface area contributed by atoms with Gasteiger partial charge in [0.15, 0.2) is 4.96 Å². The summed E-state index contributed by atoms with van der Waals surface area (Å²) >= 11 is 1.55. The van der Waals surface area contributed by atoms with E-state index in [9.17, 15) is 0 Å². The Kier molecular flexibility index (Phi) is 2.68. The van der Waals surface area contributed by atoms with Gasteiger partial charge in [-0.15, -0.1) is 11.3 Å². The van der Waals surface area contributed by atoms with Crippen molar-refractivity contribution in [1.29, 1.82) is 0 Å². The van der Waals surface area contributed by atoms with Crippen molar-refractivity contribution in [3.05, 3.63) is 54.3 Å². The molecule has 0 aliphatic rings. The van der Waals surface area contributed by atoms with Crippen LogP contribution in [0.3, 0.4) is 0 Å². The van der Waals surface area contributed by atoms with Gasteiger partial charge in [0.2, 0.25) is 0 Å². The number of hydrogen-bond acceptors (Lipinski definition) is 5. The third kappa shape index (κ3) is 1.88. The molecule has 4 aromatic heterocycles. The second-order valence-electron chi connectivity index (χ2n) is 4.54. The molecule has 0 saturated heterocycles. The van der Waals surface area contributed by atoms with E-state index in [-0.39, 0.29) is 0 Å². The molecule has 102 valence electrons. The van der Waals surface area contributed by atoms with Crippen molar-refractivity contribution in [1.82, 2.24) is 19.4 Å². The average Bonchev–Trinajstić information content (AvgIpc) is 3.10. The van der Waals surface area contributed by atoms with Crippen LogP contribution in [0.4, 0.5) is 5.82 Å². The smallest absolute Gasteiger partial charge is 0.196 e. The van der Waals surface area contributed by atoms with E-state index in [1.54, 1.807) is 23.7 Å². The Morgan fingerprint density at radius 2 is 2.05 bits per heavy atom. The fourth-order valence-electron chi connectivity index (χ4n) is 2.29. The lowest BCUT2D eigenvalue weighted by Crippen LogP contribution is -1.96. The summed E-state index contributed by atoms with van der Waals surface area (Å²) in [5.74, 6) is 0.601. The Bertz CT molecular complexity index is 896. The number of aromatic nitrogens is 4. The van der Waals surface area contributed by atoms with Crippen molar-refractivity contribution < 1.29 is 0 Å². The third-order valence-electron chi connectivity index (χ3n) is 3.26. The molecule has 0 fully saturated rings. The van der Waals surface area contributed by atoms with Gasteiger partial charge in [-0.25, -0.2) is 4.98 Å². The van der Waals surface area contributed by atoms with Crippen molar-refractivity contribution in [2.45, 2.75) is 0 Å². The van der Waals surface area contributed by atoms with E-state index in [0.29, 0.717) is 11.5 Å². The quantitative estimate of drug-likeness (QED) is 0.616. The van der Waals surface area contributed by atoms with Crippen LogP contribution in [0.15, 0.2) is 54.3 Å². The number of pyridine rings is 2. The molecule has 0 aromatic carbocycles. The Balaban J connectivity index is 1.95. The van der Waals surface area contributed by atoms with E-state index < -0.39 is 0 Å². The van der Waals surface area contributed by atoms with Crippen LogP contribution in [-0.2, 0) is 0 Å². The maximum absolute atomic E-state index is 6.30. The molecule has 0 spiro atoms. The van der Waals surface area contributed by atoms with Gasteiger partial charge in [0.05, 0.1) is 11.4 Å². The minimum absolute atomic E-state index is 0.601. The van der Waals surface area contributed by atoms with Crippen LogP contribution in [0, 0.1) is 0 Å². The van der Waals surface area contributed by atoms with Crippen molar-refractivity contribution in [2.24, 2.45) is 0 Å². The van der Waals surface area contributed by atoms with Crippen molar-refractivity contribution in [3.63, 3.8) is 0 Å². The van der Waals surface area contributed by atoms with E-state index >= 15 is 0 Å². The first-order valence-electron chi connectivity index (χ1n) is 6.42. The summed E-state index contributed by atoms with van der Waals surface area (Å²) in [6.07, 6.45) is 5.31. The standard InChI is InChI=1S/C15H11N5S/c16-14-13(11-5-1-2-7-18-11)19-15-20(14)12(9-21-15)10-4-3-6-17-8-10/h1-9H,16H2. The molecule has 5 nitrogen and oxygen atoms in total. The molecular formula is C15H11N5S. The van der Waals surface area contributed by atoms with Gasteiger partial charge in [0.1, 0.15) is 11.5 Å². The summed E-state index contributed by atoms with van der Waals surface area (Å²) < 4.78 is 1.95. The molecule has 0 aliphatic heterocycles. The summed E-state index contributed by atoms with van der Waals surface area (Å²) in [5, 5.41) is 2.04. The molecule has 4 rings (SSSR count). The number of imidazole rings is 1. The van der Waals surface area contributed by atoms with E-state index in [4.69, 9.17) is 5.73 Å². The highest BCUT2D eigenvalue weighted by Crippen LogP contribution is 2.33. The number of hydrogen-bond donors (Lipinski definition) is 1. The van der Waals surface area contributed by atoms with Crippen LogP contribution >= 0.6 is 11.3 Å². The van der Waals surface area contributed by atoms with Crippen molar-refractivity contribution in [2.75, 3.05) is 5.73 Å². The second-order valence-corrected chi connectivity index (χ2v) is 5.38. The maximum Gasteiger partial charge on any atom is 0.196 e. The van der Waals surface area contributed by atoms with Gasteiger partial charge in [-0.05, 0) is 24.3 Å². The molecule has 2 N–H and O–H groups in total. The Labute approximate surface area is 124 Å². The summed E-state index contributed by atoms with van der Waals surface area (Å²) in [6, 6.07) is 9.63. The number of thiazole rings is 1. The maximum atomic E-state index is 6.30. The van der Waals surface area contributed by atoms with Crippen molar-refractivity contribution >= 4 is 22.1 Å². The topological polar surface area (TPSA) is 69.1 Å². The zero-order chi connectivity index (χ0) is 14.2. The summed E-state index contributed by atoms with van der Waals surface area (Å²) in [4.78, 5) is 13.9. The van der Waals surface area contributed by atoms with Gasteiger partial charge in [-0.2, -0.15) is 0 Å². The minimum Gasteiger partial charge on any atom is -0.383 e. The molecule has 0 bridgehead atoms. The first-order chi connectivity index (χ1) is 10.3. The zero-order valence-electron chi connectivity index (χ0n) is 11.0. The summed E-state index contributed by atoms with van der Waals surface area (Å²) in [6.45, 7) is 0. The number of fused-ring (bicyclic) bond motifs is 1. The number of anilines is 1. The fourth-order valence-corrected chi connectivity index (χ4v) is 3.19. The third-order valence-corrected chi connectivity index (χ3v) is 4.09. The van der Waals surface area contributed by atoms with E-state index in [2.05, 4.69) is 15.0 Å². The first kappa shape index (κ1) is 12.0. The van der Waals surface area contributed by atoms with Crippen LogP contribution in [0.1, 0.15) is 0 Å². The Morgan fingerprint density at radius 1 is 1.10 bits per heavy atom. The lowest BCUT2D eigenvalue weighted by molar-refractivity contribution is 1.23. The minimum atomic E-state index is 0.601. The molecule has 0 saturated carbocycles. The molecule has 4 heterocycles. The van der Waals surface area contributed by atoms with E-state index in [0.717, 1.165) is 21.9 Å². The lowest BCUT2D eigenvalue weighted by Gasteiger charge is -2.02. The zero-order valence-corrected chi connectivity index (χ0v) is 11.8. The Morgan fingerprint density at radius 3 is 2.81 bits per heavy atom. The van der Waals surface area contributed by atoms with Gasteiger partial charge in [-0.1, -0.05) is 6.07 Å². The van der Waals surface area contributed by atoms with Gasteiger partial charge >= 0.3 is 0 Å². The fraction of sp³-hybridized carbons (Fsp3) is 0. The monoisotopic (exact) mass is 293 g/mol. The normalized spacial score (nSPS) is 11.0. The molecule has 0 atom stereocenters. The summed E-state index contributed by atoms with van der Waals surface area (Å²) in [7, 11) is 0. The van der Waals surface area contributed by atoms with E-state index in [1.165, 1.54) is 0 Å². The Hall–Kier alpha value is -2.73. The molecular weight excluding hydrogens is 282 g/mol. The number of nitrogens with zero attached hydrogens (tertiary/aromatic N) is 4. The molecule has 21 heavy (non-hydrogen) atoms. The van der Waals surface area contributed by atoms with Gasteiger partial charge in [-0.3, -0.25) is 14.4 Å². The van der Waals surface area contributed by atoms with Crippen molar-refractivity contribution in [3.8, 4) is 22.6 Å². The predicted octanol–water partition coefficient (Wildman–Crippen LogP) is 3.10. The largest absolute Gasteiger partial charge is 0.383 e. The molecule has 0 amide bonds. The predicted molar refractivity (Wildman–Crippen MR) is 83.9 cm³/mol. The van der Waals surface area contributed by atoms with Crippen LogP contribution in [0.2, 0.25) is 0 Å². The van der Waals surface area contributed by atoms with Gasteiger partial charge < -0.3 is 5.73 Å². The molecule has 4 aromatic rings. The van der Waals surface area contributed by atoms with E-state index in [1.807, 2.05) is 46.3 Å². The molecule has 0 aliphatic carbocycles. The second kappa shape index (κ2) is 4.68. The van der Waals surface area contributed by atoms with Crippen LogP contribution in [0.25, 0.3) is 27.6 Å². The highest BCUT2D eigenvalue weighted by Gasteiger charge is 2.17. The number of rotatable bonds is 2. The average molecular weight is 293 g/mol. The number of nitrogen functional groups attached to an aromatic ring is 1. The highest BCUT2D eigenvalue weighted by molar-refractivity contribution is 7.15. The highest BCUT2D eigenvalue weighted by atomic mass is 32.1. The van der Waals surface area contributed by atoms with Crippen LogP contribution in [0.5, 0.6) is 0 Å². The number of nitrogens with two attached hydrogens (primary N) is 1. The van der Waals surface area contributed by atoms with Crippen LogP contribution in [-0.4, -0.2) is 19.4 Å².